The van der Waals surface area contributed by atoms with Crippen LogP contribution in [0.5, 0.6) is 0 Å². The Morgan fingerprint density at radius 2 is 2.12 bits per heavy atom. The molecule has 0 spiro atoms. The Kier molecular flexibility index (Phi) is 3.68. The van der Waals surface area contributed by atoms with Gasteiger partial charge in [0.05, 0.1) is 0 Å². The highest BCUT2D eigenvalue weighted by Crippen LogP contribution is 2.38. The fourth-order valence-electron chi connectivity index (χ4n) is 2.91. The lowest BCUT2D eigenvalue weighted by Gasteiger charge is -2.31. The molecule has 0 saturated carbocycles. The highest BCUT2D eigenvalue weighted by Gasteiger charge is 2.39. The second-order valence-electron chi connectivity index (χ2n) is 5.47. The van der Waals surface area contributed by atoms with Gasteiger partial charge in [0.15, 0.2) is 0 Å². The second kappa shape index (κ2) is 5.05. The lowest BCUT2D eigenvalue weighted by molar-refractivity contribution is 0.340. The van der Waals surface area contributed by atoms with E-state index in [-0.39, 0.29) is 5.54 Å². The van der Waals surface area contributed by atoms with E-state index in [2.05, 4.69) is 56.1 Å². The van der Waals surface area contributed by atoms with Gasteiger partial charge in [0.2, 0.25) is 0 Å². The van der Waals surface area contributed by atoms with Crippen molar-refractivity contribution in [2.45, 2.75) is 44.7 Å². The van der Waals surface area contributed by atoms with Crippen LogP contribution in [0, 0.1) is 5.92 Å². The second-order valence-corrected chi connectivity index (χ2v) is 5.47. The molecule has 2 rings (SSSR count). The number of rotatable bonds is 4. The van der Waals surface area contributed by atoms with Crippen LogP contribution in [-0.2, 0) is 5.54 Å². The molecule has 0 radical (unpaired) electrons. The molecule has 92 valence electrons. The first-order chi connectivity index (χ1) is 8.18. The van der Waals surface area contributed by atoms with Gasteiger partial charge in [-0.2, -0.15) is 0 Å². The lowest BCUT2D eigenvalue weighted by atomic mass is 9.85. The van der Waals surface area contributed by atoms with E-state index < -0.39 is 0 Å². The summed E-state index contributed by atoms with van der Waals surface area (Å²) in [6, 6.07) is 11.4. The SMILES string of the molecule is C=CC[C@@]1(c2ccccc2)CC[C@H](C(C)C)N1. The average Bonchev–Trinajstić information content (AvgIpc) is 2.77. The maximum absolute atomic E-state index is 3.92. The Balaban J connectivity index is 2.26. The van der Waals surface area contributed by atoms with Gasteiger partial charge in [-0.25, -0.2) is 0 Å². The van der Waals surface area contributed by atoms with Gasteiger partial charge in [-0.05, 0) is 30.7 Å². The van der Waals surface area contributed by atoms with Gasteiger partial charge >= 0.3 is 0 Å². The summed E-state index contributed by atoms with van der Waals surface area (Å²) in [7, 11) is 0. The summed E-state index contributed by atoms with van der Waals surface area (Å²) in [4.78, 5) is 0. The molecule has 0 aromatic heterocycles. The summed E-state index contributed by atoms with van der Waals surface area (Å²) in [6.07, 6.45) is 5.54. The minimum absolute atomic E-state index is 0.123. The zero-order valence-electron chi connectivity index (χ0n) is 10.9. The van der Waals surface area contributed by atoms with Crippen LogP contribution in [0.4, 0.5) is 0 Å². The van der Waals surface area contributed by atoms with Crippen LogP contribution < -0.4 is 5.32 Å². The fourth-order valence-corrected chi connectivity index (χ4v) is 2.91. The number of nitrogens with one attached hydrogen (secondary N) is 1. The highest BCUT2D eigenvalue weighted by atomic mass is 15.0. The summed E-state index contributed by atoms with van der Waals surface area (Å²) in [5.41, 5.74) is 1.53. The monoisotopic (exact) mass is 229 g/mol. The van der Waals surface area contributed by atoms with Crippen molar-refractivity contribution in [3.63, 3.8) is 0 Å². The number of benzene rings is 1. The Bertz CT molecular complexity index is 368. The zero-order valence-corrected chi connectivity index (χ0v) is 10.9. The van der Waals surface area contributed by atoms with Crippen LogP contribution in [-0.4, -0.2) is 6.04 Å². The number of hydrogen-bond acceptors (Lipinski definition) is 1. The molecule has 1 aromatic carbocycles. The van der Waals surface area contributed by atoms with Crippen LogP contribution in [0.2, 0.25) is 0 Å². The molecular formula is C16H23N. The first-order valence-corrected chi connectivity index (χ1v) is 6.62. The fraction of sp³-hybridized carbons (Fsp3) is 0.500. The third-order valence-corrected chi connectivity index (χ3v) is 3.97. The largest absolute Gasteiger partial charge is 0.304 e. The Hall–Kier alpha value is -1.08. The van der Waals surface area contributed by atoms with Crippen LogP contribution in [0.15, 0.2) is 43.0 Å². The third kappa shape index (κ3) is 2.44. The maximum Gasteiger partial charge on any atom is 0.0472 e. The standard InChI is InChI=1S/C16H23N/c1-4-11-16(14-8-6-5-7-9-14)12-10-15(17-16)13(2)3/h4-9,13,15,17H,1,10-12H2,2-3H3/t15-,16+/m1/s1. The predicted molar refractivity (Wildman–Crippen MR) is 73.9 cm³/mol. The Morgan fingerprint density at radius 3 is 2.65 bits per heavy atom. The summed E-state index contributed by atoms with van der Waals surface area (Å²) in [6.45, 7) is 8.52. The summed E-state index contributed by atoms with van der Waals surface area (Å²) in [5, 5.41) is 3.85. The van der Waals surface area contributed by atoms with Gasteiger partial charge in [0.1, 0.15) is 0 Å². The molecule has 1 nitrogen and oxygen atoms in total. The van der Waals surface area contributed by atoms with Crippen LogP contribution in [0.1, 0.15) is 38.7 Å². The van der Waals surface area contributed by atoms with E-state index in [0.717, 1.165) is 6.42 Å². The molecule has 1 heteroatoms. The van der Waals surface area contributed by atoms with E-state index in [4.69, 9.17) is 0 Å². The van der Waals surface area contributed by atoms with Gasteiger partial charge < -0.3 is 5.32 Å². The van der Waals surface area contributed by atoms with E-state index in [1.165, 1.54) is 18.4 Å². The van der Waals surface area contributed by atoms with E-state index in [1.54, 1.807) is 0 Å². The summed E-state index contributed by atoms with van der Waals surface area (Å²) in [5.74, 6) is 0.699. The molecule has 1 fully saturated rings. The minimum Gasteiger partial charge on any atom is -0.304 e. The Labute approximate surface area is 105 Å². The van der Waals surface area contributed by atoms with E-state index in [9.17, 15) is 0 Å². The van der Waals surface area contributed by atoms with Gasteiger partial charge in [-0.15, -0.1) is 6.58 Å². The summed E-state index contributed by atoms with van der Waals surface area (Å²) < 4.78 is 0. The van der Waals surface area contributed by atoms with Gasteiger partial charge in [0.25, 0.3) is 0 Å². The van der Waals surface area contributed by atoms with Crippen molar-refractivity contribution in [2.24, 2.45) is 5.92 Å². The lowest BCUT2D eigenvalue weighted by Crippen LogP contribution is -2.42. The topological polar surface area (TPSA) is 12.0 Å². The van der Waals surface area contributed by atoms with Crippen LogP contribution in [0.25, 0.3) is 0 Å². The average molecular weight is 229 g/mol. The smallest absolute Gasteiger partial charge is 0.0472 e. The molecule has 1 aliphatic rings. The van der Waals surface area contributed by atoms with Crippen molar-refractivity contribution in [3.05, 3.63) is 48.6 Å². The third-order valence-electron chi connectivity index (χ3n) is 3.97. The Morgan fingerprint density at radius 1 is 1.41 bits per heavy atom. The van der Waals surface area contributed by atoms with Gasteiger partial charge in [0, 0.05) is 11.6 Å². The minimum atomic E-state index is 0.123. The first kappa shape index (κ1) is 12.4. The molecule has 17 heavy (non-hydrogen) atoms. The highest BCUT2D eigenvalue weighted by molar-refractivity contribution is 5.27. The van der Waals surface area contributed by atoms with Crippen LogP contribution >= 0.6 is 0 Å². The molecule has 1 aliphatic heterocycles. The molecule has 0 aliphatic carbocycles. The quantitative estimate of drug-likeness (QED) is 0.773. The molecule has 2 atom stereocenters. The normalized spacial score (nSPS) is 28.5. The van der Waals surface area contributed by atoms with Crippen molar-refractivity contribution < 1.29 is 0 Å². The number of hydrogen-bond donors (Lipinski definition) is 1. The molecular weight excluding hydrogens is 206 g/mol. The van der Waals surface area contributed by atoms with Crippen molar-refractivity contribution in [1.29, 1.82) is 0 Å². The molecule has 1 aromatic rings. The van der Waals surface area contributed by atoms with E-state index in [1.807, 2.05) is 6.08 Å². The van der Waals surface area contributed by atoms with Crippen LogP contribution in [0.3, 0.4) is 0 Å². The van der Waals surface area contributed by atoms with Crippen molar-refractivity contribution >= 4 is 0 Å². The maximum atomic E-state index is 3.92. The first-order valence-electron chi connectivity index (χ1n) is 6.62. The molecule has 1 N–H and O–H groups in total. The molecule has 0 amide bonds. The van der Waals surface area contributed by atoms with Crippen molar-refractivity contribution in [1.82, 2.24) is 5.32 Å². The molecule has 1 heterocycles. The predicted octanol–water partition coefficient (Wildman–Crippen LogP) is 3.87. The van der Waals surface area contributed by atoms with E-state index >= 15 is 0 Å². The molecule has 0 bridgehead atoms. The van der Waals surface area contributed by atoms with E-state index in [0.29, 0.717) is 12.0 Å². The molecule has 0 unspecified atom stereocenters. The summed E-state index contributed by atoms with van der Waals surface area (Å²) >= 11 is 0. The van der Waals surface area contributed by atoms with Crippen molar-refractivity contribution in [3.8, 4) is 0 Å². The van der Waals surface area contributed by atoms with Gasteiger partial charge in [-0.3, -0.25) is 0 Å². The zero-order chi connectivity index (χ0) is 12.3. The van der Waals surface area contributed by atoms with Gasteiger partial charge in [-0.1, -0.05) is 50.3 Å². The van der Waals surface area contributed by atoms with Crippen molar-refractivity contribution in [2.75, 3.05) is 0 Å². The molecule has 1 saturated heterocycles.